The quantitative estimate of drug-likeness (QED) is 0.452. The first-order valence-corrected chi connectivity index (χ1v) is 10.1. The lowest BCUT2D eigenvalue weighted by Crippen LogP contribution is -2.29. The fourth-order valence-electron chi connectivity index (χ4n) is 3.74. The van der Waals surface area contributed by atoms with Crippen LogP contribution in [0.5, 0.6) is 23.0 Å². The van der Waals surface area contributed by atoms with Crippen LogP contribution in [0.4, 0.5) is 0 Å². The summed E-state index contributed by atoms with van der Waals surface area (Å²) in [6, 6.07) is 3.83. The molecule has 0 aliphatic carbocycles. The van der Waals surface area contributed by atoms with Crippen LogP contribution in [0, 0.1) is 0 Å². The van der Waals surface area contributed by atoms with Gasteiger partial charge in [-0.05, 0) is 45.1 Å². The average Bonchev–Trinajstić information content (AvgIpc) is 2.70. The Labute approximate surface area is 184 Å². The lowest BCUT2D eigenvalue weighted by molar-refractivity contribution is 0.153. The second-order valence-electron chi connectivity index (χ2n) is 8.56. The molecular weight excluding hydrogens is 412 g/mol. The van der Waals surface area contributed by atoms with E-state index in [1.165, 1.54) is 18.4 Å². The van der Waals surface area contributed by atoms with E-state index < -0.39 is 17.1 Å². The summed E-state index contributed by atoms with van der Waals surface area (Å²) in [7, 11) is 0. The normalized spacial score (nSPS) is 15.2. The number of phenols is 3. The summed E-state index contributed by atoms with van der Waals surface area (Å²) in [5.74, 6) is -0.503. The van der Waals surface area contributed by atoms with Crippen LogP contribution in [0.2, 0.25) is 0 Å². The molecule has 3 aromatic rings. The van der Waals surface area contributed by atoms with Crippen LogP contribution < -0.4 is 10.2 Å². The molecule has 0 saturated heterocycles. The zero-order chi connectivity index (χ0) is 23.4. The summed E-state index contributed by atoms with van der Waals surface area (Å²) in [6.07, 6.45) is 3.79. The molecule has 1 aliphatic heterocycles. The van der Waals surface area contributed by atoms with E-state index in [1.54, 1.807) is 13.0 Å². The molecule has 0 amide bonds. The van der Waals surface area contributed by atoms with Gasteiger partial charge in [-0.2, -0.15) is 0 Å². The first-order valence-electron chi connectivity index (χ1n) is 10.1. The van der Waals surface area contributed by atoms with Crippen molar-refractivity contribution < 1.29 is 29.6 Å². The molecule has 0 bridgehead atoms. The van der Waals surface area contributed by atoms with Gasteiger partial charge < -0.3 is 29.6 Å². The Morgan fingerprint density at radius 1 is 1.19 bits per heavy atom. The first kappa shape index (κ1) is 21.5. The first-order chi connectivity index (χ1) is 15.0. The molecular formula is C25H24O7. The van der Waals surface area contributed by atoms with E-state index >= 15 is 0 Å². The maximum atomic E-state index is 13.4. The van der Waals surface area contributed by atoms with Crippen LogP contribution in [-0.4, -0.2) is 32.1 Å². The van der Waals surface area contributed by atoms with Crippen molar-refractivity contribution >= 4 is 17.0 Å². The molecule has 1 aliphatic rings. The molecule has 0 fully saturated rings. The zero-order valence-electron chi connectivity index (χ0n) is 18.0. The van der Waals surface area contributed by atoms with Gasteiger partial charge in [0.1, 0.15) is 40.2 Å². The number of hydrogen-bond donors (Lipinski definition) is 4. The molecule has 2 heterocycles. The van der Waals surface area contributed by atoms with E-state index in [-0.39, 0.29) is 51.3 Å². The summed E-state index contributed by atoms with van der Waals surface area (Å²) in [5, 5.41) is 41.3. The number of aliphatic hydroxyl groups is 1. The minimum Gasteiger partial charge on any atom is -0.508 e. The molecule has 0 spiro atoms. The molecule has 166 valence electrons. The number of rotatable bonds is 4. The third kappa shape index (κ3) is 3.50. The molecule has 4 N–H and O–H groups in total. The number of hydrogen-bond acceptors (Lipinski definition) is 7. The van der Waals surface area contributed by atoms with Gasteiger partial charge in [0.2, 0.25) is 5.43 Å². The van der Waals surface area contributed by atoms with Crippen molar-refractivity contribution in [1.82, 2.24) is 0 Å². The summed E-state index contributed by atoms with van der Waals surface area (Å²) in [4.78, 5) is 13.4. The van der Waals surface area contributed by atoms with Crippen LogP contribution in [0.25, 0.3) is 28.2 Å². The molecule has 0 radical (unpaired) electrons. The summed E-state index contributed by atoms with van der Waals surface area (Å²) in [6.45, 7) is 9.12. The number of benzene rings is 2. The van der Waals surface area contributed by atoms with Crippen molar-refractivity contribution in [2.45, 2.75) is 38.9 Å². The van der Waals surface area contributed by atoms with Crippen LogP contribution in [0.15, 0.2) is 51.9 Å². The van der Waals surface area contributed by atoms with Crippen molar-refractivity contribution in [1.29, 1.82) is 0 Å². The van der Waals surface area contributed by atoms with Gasteiger partial charge in [0, 0.05) is 23.6 Å². The Hall–Kier alpha value is -3.71. The van der Waals surface area contributed by atoms with Gasteiger partial charge >= 0.3 is 0 Å². The molecule has 7 heteroatoms. The van der Waals surface area contributed by atoms with Crippen LogP contribution >= 0.6 is 0 Å². The minimum absolute atomic E-state index is 0.0117. The molecule has 4 rings (SSSR count). The Morgan fingerprint density at radius 2 is 1.91 bits per heavy atom. The average molecular weight is 436 g/mol. The van der Waals surface area contributed by atoms with Crippen molar-refractivity contribution in [3.63, 3.8) is 0 Å². The number of ether oxygens (including phenoxy) is 1. The van der Waals surface area contributed by atoms with Crippen molar-refractivity contribution in [2.24, 2.45) is 0 Å². The number of fused-ring (bicyclic) bond motifs is 3. The van der Waals surface area contributed by atoms with Crippen molar-refractivity contribution in [3.8, 4) is 34.1 Å². The fraction of sp³-hybridized carbons (Fsp3) is 0.240. The van der Waals surface area contributed by atoms with E-state index in [1.807, 2.05) is 19.9 Å². The number of aromatic hydroxyl groups is 3. The third-order valence-electron chi connectivity index (χ3n) is 5.53. The van der Waals surface area contributed by atoms with Gasteiger partial charge in [0.05, 0.1) is 17.2 Å². The predicted octanol–water partition coefficient (Wildman–Crippen LogP) is 4.24. The Balaban J connectivity index is 2.05. The molecule has 2 aromatic carbocycles. The van der Waals surface area contributed by atoms with Gasteiger partial charge in [0.25, 0.3) is 0 Å². The van der Waals surface area contributed by atoms with Crippen LogP contribution in [0.3, 0.4) is 0 Å². The van der Waals surface area contributed by atoms with Gasteiger partial charge in [-0.15, -0.1) is 0 Å². The fourth-order valence-corrected chi connectivity index (χ4v) is 3.74. The molecule has 7 nitrogen and oxygen atoms in total. The number of aliphatic hydroxyl groups excluding tert-OH is 1. The Bertz CT molecular complexity index is 1340. The standard InChI is InChI=1S/C25H24O7/c1-12(2)18(27)10-16-21(29)20-22(30)17(14-6-5-13(26)9-19(14)28)11-31-24(20)15-7-8-25(3,4)32-23(15)16/h5-9,11,18,26-29H,1,10H2,2-4H3/t18-/m1/s1. The smallest absolute Gasteiger partial charge is 0.204 e. The van der Waals surface area contributed by atoms with Gasteiger partial charge in [0.15, 0.2) is 5.58 Å². The second kappa shape index (κ2) is 7.46. The van der Waals surface area contributed by atoms with Crippen LogP contribution in [0.1, 0.15) is 31.9 Å². The lowest BCUT2D eigenvalue weighted by Gasteiger charge is -2.30. The Kier molecular flexibility index (Phi) is 5.02. The van der Waals surface area contributed by atoms with Crippen LogP contribution in [-0.2, 0) is 6.42 Å². The largest absolute Gasteiger partial charge is 0.508 e. The topological polar surface area (TPSA) is 120 Å². The molecule has 0 unspecified atom stereocenters. The van der Waals surface area contributed by atoms with Gasteiger partial charge in [-0.3, -0.25) is 4.79 Å². The molecule has 32 heavy (non-hydrogen) atoms. The molecule has 1 aromatic heterocycles. The van der Waals surface area contributed by atoms with E-state index in [4.69, 9.17) is 9.15 Å². The monoisotopic (exact) mass is 436 g/mol. The maximum Gasteiger partial charge on any atom is 0.204 e. The van der Waals surface area contributed by atoms with Crippen molar-refractivity contribution in [2.75, 3.05) is 0 Å². The Morgan fingerprint density at radius 3 is 2.56 bits per heavy atom. The highest BCUT2D eigenvalue weighted by atomic mass is 16.5. The zero-order valence-corrected chi connectivity index (χ0v) is 18.0. The summed E-state index contributed by atoms with van der Waals surface area (Å²) in [5.41, 5.74) is 0.276. The van der Waals surface area contributed by atoms with Crippen molar-refractivity contribution in [3.05, 3.63) is 64.0 Å². The van der Waals surface area contributed by atoms with E-state index in [0.717, 1.165) is 6.07 Å². The SMILES string of the molecule is C=C(C)[C@H](O)Cc1c2c(c3occ(-c4ccc(O)cc4O)c(=O)c3c1O)C=CC(C)(C)O2. The predicted molar refractivity (Wildman–Crippen MR) is 121 cm³/mol. The maximum absolute atomic E-state index is 13.4. The highest BCUT2D eigenvalue weighted by molar-refractivity contribution is 5.97. The molecule has 1 atom stereocenters. The van der Waals surface area contributed by atoms with E-state index in [0.29, 0.717) is 16.9 Å². The highest BCUT2D eigenvalue weighted by Crippen LogP contribution is 2.45. The third-order valence-corrected chi connectivity index (χ3v) is 5.53. The minimum atomic E-state index is -0.962. The summed E-state index contributed by atoms with van der Waals surface area (Å²) < 4.78 is 11.9. The summed E-state index contributed by atoms with van der Waals surface area (Å²) >= 11 is 0. The van der Waals surface area contributed by atoms with E-state index in [9.17, 15) is 25.2 Å². The molecule has 0 saturated carbocycles. The van der Waals surface area contributed by atoms with E-state index in [2.05, 4.69) is 6.58 Å². The second-order valence-corrected chi connectivity index (χ2v) is 8.56. The highest BCUT2D eigenvalue weighted by Gasteiger charge is 2.31. The van der Waals surface area contributed by atoms with Gasteiger partial charge in [-0.1, -0.05) is 12.2 Å². The lowest BCUT2D eigenvalue weighted by atomic mass is 9.92. The number of phenolic OH excluding ortho intramolecular Hbond substituents is 3. The van der Waals surface area contributed by atoms with Gasteiger partial charge in [-0.25, -0.2) is 0 Å².